The molecule has 5 nitrogen and oxygen atoms in total. The third kappa shape index (κ3) is 6.38. The van der Waals surface area contributed by atoms with Crippen LogP contribution in [0.4, 0.5) is 0 Å². The van der Waals surface area contributed by atoms with Crippen LogP contribution in [-0.4, -0.2) is 48.9 Å². The van der Waals surface area contributed by atoms with Crippen molar-refractivity contribution in [1.82, 2.24) is 4.90 Å². The standard InChI is InChI=1S/C23H28ClN3O2/c1-17(3-4-18(2)28)26-25-16-21-8-7-20(15-19-5-9-22(24)10-6-19)23(21)27-11-13-29-14-12-27/h5-6,9-10,15-16H,3-4,7-8,11-14H2,1-2H3/b20-15+,25-16+,26-17+. The number of rotatable bonds is 7. The van der Waals surface area contributed by atoms with Crippen molar-refractivity contribution >= 4 is 35.4 Å². The van der Waals surface area contributed by atoms with Gasteiger partial charge < -0.3 is 14.4 Å². The number of carbonyl (C=O) groups excluding carboxylic acids is 1. The van der Waals surface area contributed by atoms with Gasteiger partial charge in [0.2, 0.25) is 0 Å². The van der Waals surface area contributed by atoms with Crippen molar-refractivity contribution < 1.29 is 9.53 Å². The molecule has 1 aromatic carbocycles. The van der Waals surface area contributed by atoms with Gasteiger partial charge in [0.1, 0.15) is 5.78 Å². The minimum Gasteiger partial charge on any atom is -0.378 e. The third-order valence-electron chi connectivity index (χ3n) is 5.09. The number of ketones is 1. The Balaban J connectivity index is 1.84. The second-order valence-electron chi connectivity index (χ2n) is 7.48. The van der Waals surface area contributed by atoms with Crippen molar-refractivity contribution in [1.29, 1.82) is 0 Å². The first-order valence-corrected chi connectivity index (χ1v) is 10.5. The van der Waals surface area contributed by atoms with E-state index in [9.17, 15) is 4.79 Å². The van der Waals surface area contributed by atoms with Crippen LogP contribution in [0.1, 0.15) is 45.1 Å². The predicted molar refractivity (Wildman–Crippen MR) is 120 cm³/mol. The van der Waals surface area contributed by atoms with Gasteiger partial charge in [-0.25, -0.2) is 0 Å². The highest BCUT2D eigenvalue weighted by atomic mass is 35.5. The number of halogens is 1. The lowest BCUT2D eigenvalue weighted by Gasteiger charge is -2.31. The minimum atomic E-state index is 0.175. The fourth-order valence-electron chi connectivity index (χ4n) is 3.54. The first-order valence-electron chi connectivity index (χ1n) is 10.1. The van der Waals surface area contributed by atoms with E-state index in [4.69, 9.17) is 16.3 Å². The highest BCUT2D eigenvalue weighted by Crippen LogP contribution is 2.35. The van der Waals surface area contributed by atoms with Crippen LogP contribution in [0.15, 0.2) is 51.3 Å². The van der Waals surface area contributed by atoms with Crippen molar-refractivity contribution in [2.45, 2.75) is 39.5 Å². The SMILES string of the molecule is CC(=O)CC/C(C)=N/N=C/C1=C(N2CCOCC2)C(=C/c2ccc(Cl)cc2)/CC1. The highest BCUT2D eigenvalue weighted by Gasteiger charge is 2.25. The zero-order valence-electron chi connectivity index (χ0n) is 17.2. The molecular weight excluding hydrogens is 386 g/mol. The first kappa shape index (κ1) is 21.5. The summed E-state index contributed by atoms with van der Waals surface area (Å²) < 4.78 is 5.54. The highest BCUT2D eigenvalue weighted by molar-refractivity contribution is 6.30. The number of nitrogens with zero attached hydrogens (tertiary/aromatic N) is 3. The Hall–Kier alpha value is -2.24. The molecule has 1 fully saturated rings. The molecule has 0 aromatic heterocycles. The molecule has 0 saturated carbocycles. The van der Waals surface area contributed by atoms with Gasteiger partial charge in [-0.3, -0.25) is 0 Å². The van der Waals surface area contributed by atoms with Gasteiger partial charge in [-0.2, -0.15) is 10.2 Å². The maximum absolute atomic E-state index is 11.1. The molecule has 1 aliphatic heterocycles. The third-order valence-corrected chi connectivity index (χ3v) is 5.34. The Morgan fingerprint density at radius 2 is 1.86 bits per heavy atom. The van der Waals surface area contributed by atoms with E-state index in [2.05, 4.69) is 21.2 Å². The molecule has 154 valence electrons. The van der Waals surface area contributed by atoms with E-state index < -0.39 is 0 Å². The van der Waals surface area contributed by atoms with Gasteiger partial charge in [0.15, 0.2) is 0 Å². The molecule has 1 aliphatic carbocycles. The van der Waals surface area contributed by atoms with Crippen LogP contribution in [0.2, 0.25) is 5.02 Å². The first-order chi connectivity index (χ1) is 14.0. The number of morpholine rings is 1. The molecule has 1 aromatic rings. The fourth-order valence-corrected chi connectivity index (χ4v) is 3.66. The lowest BCUT2D eigenvalue weighted by Crippen LogP contribution is -2.36. The second-order valence-corrected chi connectivity index (χ2v) is 7.91. The van der Waals surface area contributed by atoms with Crippen LogP contribution < -0.4 is 0 Å². The summed E-state index contributed by atoms with van der Waals surface area (Å²) in [6.07, 6.45) is 7.21. The fraction of sp³-hybridized carbons (Fsp3) is 0.435. The lowest BCUT2D eigenvalue weighted by atomic mass is 10.1. The smallest absolute Gasteiger partial charge is 0.130 e. The number of hydrogen-bond acceptors (Lipinski definition) is 5. The Bertz CT molecular complexity index is 847. The molecule has 3 rings (SSSR count). The predicted octanol–water partition coefficient (Wildman–Crippen LogP) is 4.92. The van der Waals surface area contributed by atoms with Crippen LogP contribution >= 0.6 is 11.6 Å². The normalized spacial score (nSPS) is 19.6. The molecule has 1 saturated heterocycles. The summed E-state index contributed by atoms with van der Waals surface area (Å²) >= 11 is 6.02. The number of ether oxygens (including phenoxy) is 1. The maximum atomic E-state index is 11.1. The van der Waals surface area contributed by atoms with E-state index in [-0.39, 0.29) is 5.78 Å². The second kappa shape index (κ2) is 10.5. The monoisotopic (exact) mass is 413 g/mol. The van der Waals surface area contributed by atoms with Gasteiger partial charge >= 0.3 is 0 Å². The zero-order valence-corrected chi connectivity index (χ0v) is 17.9. The molecular formula is C23H28ClN3O2. The average Bonchev–Trinajstić information content (AvgIpc) is 3.11. The van der Waals surface area contributed by atoms with Crippen LogP contribution in [0, 0.1) is 0 Å². The van der Waals surface area contributed by atoms with Crippen LogP contribution in [0.25, 0.3) is 6.08 Å². The number of allylic oxidation sites excluding steroid dienone is 2. The summed E-state index contributed by atoms with van der Waals surface area (Å²) in [6, 6.07) is 7.92. The largest absolute Gasteiger partial charge is 0.378 e. The molecule has 0 N–H and O–H groups in total. The van der Waals surface area contributed by atoms with Crippen molar-refractivity contribution in [3.8, 4) is 0 Å². The summed E-state index contributed by atoms with van der Waals surface area (Å²) in [5, 5.41) is 9.34. The summed E-state index contributed by atoms with van der Waals surface area (Å²) in [5.41, 5.74) is 5.79. The van der Waals surface area contributed by atoms with E-state index in [1.54, 1.807) is 6.92 Å². The van der Waals surface area contributed by atoms with E-state index in [1.807, 2.05) is 37.4 Å². The summed E-state index contributed by atoms with van der Waals surface area (Å²) in [5.74, 6) is 0.175. The maximum Gasteiger partial charge on any atom is 0.130 e. The van der Waals surface area contributed by atoms with Crippen molar-refractivity contribution in [2.24, 2.45) is 10.2 Å². The molecule has 29 heavy (non-hydrogen) atoms. The number of hydrogen-bond donors (Lipinski definition) is 0. The van der Waals surface area contributed by atoms with Gasteiger partial charge in [0.25, 0.3) is 0 Å². The topological polar surface area (TPSA) is 54.3 Å². The van der Waals surface area contributed by atoms with Gasteiger partial charge in [-0.15, -0.1) is 0 Å². The molecule has 6 heteroatoms. The number of carbonyl (C=O) groups is 1. The van der Waals surface area contributed by atoms with Gasteiger partial charge in [0.05, 0.1) is 19.4 Å². The van der Waals surface area contributed by atoms with Crippen LogP contribution in [0.5, 0.6) is 0 Å². The Morgan fingerprint density at radius 1 is 1.14 bits per heavy atom. The van der Waals surface area contributed by atoms with Gasteiger partial charge in [-0.1, -0.05) is 23.7 Å². The molecule has 0 bridgehead atoms. The van der Waals surface area contributed by atoms with Gasteiger partial charge in [0, 0.05) is 35.9 Å². The molecule has 0 radical (unpaired) electrons. The Kier molecular flexibility index (Phi) is 7.78. The average molecular weight is 414 g/mol. The molecule has 0 spiro atoms. The van der Waals surface area contributed by atoms with E-state index in [0.29, 0.717) is 12.8 Å². The minimum absolute atomic E-state index is 0.175. The quantitative estimate of drug-likeness (QED) is 0.471. The molecule has 0 unspecified atom stereocenters. The molecule has 0 atom stereocenters. The van der Waals surface area contributed by atoms with Crippen molar-refractivity contribution in [2.75, 3.05) is 26.3 Å². The lowest BCUT2D eigenvalue weighted by molar-refractivity contribution is -0.116. The summed E-state index contributed by atoms with van der Waals surface area (Å²) in [7, 11) is 0. The summed E-state index contributed by atoms with van der Waals surface area (Å²) in [6.45, 7) is 6.76. The number of Topliss-reactive ketones (excluding diaryl/α,β-unsaturated/α-hetero) is 1. The molecule has 0 amide bonds. The van der Waals surface area contributed by atoms with Crippen LogP contribution in [0.3, 0.4) is 0 Å². The summed E-state index contributed by atoms with van der Waals surface area (Å²) in [4.78, 5) is 13.5. The van der Waals surface area contributed by atoms with Crippen molar-refractivity contribution in [3.05, 3.63) is 51.7 Å². The number of benzene rings is 1. The van der Waals surface area contributed by atoms with Crippen molar-refractivity contribution in [3.63, 3.8) is 0 Å². The van der Waals surface area contributed by atoms with E-state index in [0.717, 1.165) is 55.4 Å². The van der Waals surface area contributed by atoms with Gasteiger partial charge in [-0.05, 0) is 68.0 Å². The molecule has 2 aliphatic rings. The zero-order chi connectivity index (χ0) is 20.6. The van der Waals surface area contributed by atoms with Crippen LogP contribution in [-0.2, 0) is 9.53 Å². The Labute approximate surface area is 177 Å². The Morgan fingerprint density at radius 3 is 2.55 bits per heavy atom. The molecule has 1 heterocycles. The van der Waals surface area contributed by atoms with E-state index >= 15 is 0 Å². The van der Waals surface area contributed by atoms with E-state index in [1.165, 1.54) is 16.8 Å².